The summed E-state index contributed by atoms with van der Waals surface area (Å²) in [6.07, 6.45) is 17.1. The van der Waals surface area contributed by atoms with Gasteiger partial charge in [0.1, 0.15) is 11.5 Å². The van der Waals surface area contributed by atoms with E-state index in [2.05, 4.69) is 43.4 Å². The molecule has 38 heavy (non-hydrogen) atoms. The van der Waals surface area contributed by atoms with Crippen LogP contribution in [0.1, 0.15) is 122 Å². The summed E-state index contributed by atoms with van der Waals surface area (Å²) >= 11 is 0. The van der Waals surface area contributed by atoms with E-state index in [4.69, 9.17) is 4.74 Å². The molecule has 0 radical (unpaired) electrons. The number of hydrogen-bond donors (Lipinski definition) is 2. The maximum atomic E-state index is 12.2. The maximum Gasteiger partial charge on any atom is 0.133 e. The molecule has 6 rings (SSSR count). The summed E-state index contributed by atoms with van der Waals surface area (Å²) in [7, 11) is 0. The Balaban J connectivity index is 1.10. The zero-order chi connectivity index (χ0) is 26.3. The first-order valence-electron chi connectivity index (χ1n) is 16.1. The van der Waals surface area contributed by atoms with Gasteiger partial charge in [0.05, 0.1) is 12.7 Å². The van der Waals surface area contributed by atoms with Gasteiger partial charge in [0.25, 0.3) is 0 Å². The molecule has 1 aromatic rings. The largest absolute Gasteiger partial charge is 0.494 e. The number of aliphatic hydroxyl groups excluding tert-OH is 1. The molecule has 0 saturated heterocycles. The van der Waals surface area contributed by atoms with Crippen molar-refractivity contribution < 1.29 is 14.6 Å². The molecular formula is C34H51NO3. The third-order valence-corrected chi connectivity index (χ3v) is 12.4. The molecule has 4 unspecified atom stereocenters. The van der Waals surface area contributed by atoms with Crippen LogP contribution in [0.3, 0.4) is 0 Å². The standard InChI is InChI=1S/C34H51NO3/c1-23(35-26-8-4-3-5-9-26)24-7-6-10-28(21-24)38-20-19-34-18-16-30-29(31(34)13-14-32(34)37)12-11-25-22-27(36)15-17-33(25,30)2/h6-7,10,21,23,25-26,29-32,35,37H,3-5,8-9,11-20,22H2,1-2H3/t23-,25?,29?,30?,31?,32-,33-,34+/m0/s1. The first kappa shape index (κ1) is 26.8. The smallest absolute Gasteiger partial charge is 0.133 e. The van der Waals surface area contributed by atoms with Crippen LogP contribution in [-0.4, -0.2) is 29.6 Å². The van der Waals surface area contributed by atoms with Crippen LogP contribution in [0.25, 0.3) is 0 Å². The van der Waals surface area contributed by atoms with E-state index in [1.807, 2.05) is 0 Å². The van der Waals surface area contributed by atoms with Crippen LogP contribution >= 0.6 is 0 Å². The molecule has 0 heterocycles. The molecule has 4 heteroatoms. The average Bonchev–Trinajstić information content (AvgIpc) is 3.26. The van der Waals surface area contributed by atoms with E-state index in [-0.39, 0.29) is 11.5 Å². The van der Waals surface area contributed by atoms with E-state index in [0.29, 0.717) is 47.6 Å². The minimum atomic E-state index is -0.193. The van der Waals surface area contributed by atoms with E-state index < -0.39 is 0 Å². The second-order valence-electron chi connectivity index (χ2n) is 14.2. The second kappa shape index (κ2) is 10.9. The van der Waals surface area contributed by atoms with Crippen molar-refractivity contribution in [2.45, 2.75) is 128 Å². The number of benzene rings is 1. The van der Waals surface area contributed by atoms with Crippen molar-refractivity contribution in [1.29, 1.82) is 0 Å². The van der Waals surface area contributed by atoms with Crippen LogP contribution in [0.15, 0.2) is 24.3 Å². The molecule has 5 aliphatic rings. The summed E-state index contributed by atoms with van der Waals surface area (Å²) in [6, 6.07) is 9.66. The van der Waals surface area contributed by atoms with Gasteiger partial charge in [-0.2, -0.15) is 0 Å². The normalized spacial score (nSPS) is 40.2. The number of aliphatic hydroxyl groups is 1. The Labute approximate surface area is 230 Å². The molecule has 5 aliphatic carbocycles. The predicted molar refractivity (Wildman–Crippen MR) is 152 cm³/mol. The number of nitrogens with one attached hydrogen (secondary N) is 1. The Kier molecular flexibility index (Phi) is 7.68. The lowest BCUT2D eigenvalue weighted by Gasteiger charge is -2.60. The van der Waals surface area contributed by atoms with Gasteiger partial charge in [0.2, 0.25) is 0 Å². The summed E-state index contributed by atoms with van der Waals surface area (Å²) < 4.78 is 6.42. The van der Waals surface area contributed by atoms with Crippen molar-refractivity contribution in [3.05, 3.63) is 29.8 Å². The quantitative estimate of drug-likeness (QED) is 0.393. The van der Waals surface area contributed by atoms with Gasteiger partial charge in [-0.25, -0.2) is 0 Å². The lowest BCUT2D eigenvalue weighted by molar-refractivity contribution is -0.145. The third-order valence-electron chi connectivity index (χ3n) is 12.4. The number of carbonyl (C=O) groups excluding carboxylic acids is 1. The van der Waals surface area contributed by atoms with Gasteiger partial charge >= 0.3 is 0 Å². The predicted octanol–water partition coefficient (Wildman–Crippen LogP) is 7.39. The Morgan fingerprint density at radius 1 is 1.03 bits per heavy atom. The Bertz CT molecular complexity index is 988. The molecule has 0 spiro atoms. The number of hydrogen-bond acceptors (Lipinski definition) is 4. The maximum absolute atomic E-state index is 12.2. The summed E-state index contributed by atoms with van der Waals surface area (Å²) in [5, 5.41) is 15.2. The van der Waals surface area contributed by atoms with Crippen LogP contribution in [0.4, 0.5) is 0 Å². The Hall–Kier alpha value is -1.39. The zero-order valence-electron chi connectivity index (χ0n) is 23.9. The minimum absolute atomic E-state index is 0.0162. The summed E-state index contributed by atoms with van der Waals surface area (Å²) in [5.74, 6) is 4.11. The SMILES string of the molecule is C[C@H](NC1CCCCC1)c1cccc(OCC[C@]23CCC4C(CCC5CC(=O)CC[C@@]54C)C2CC[C@@H]3O)c1. The number of fused-ring (bicyclic) bond motifs is 5. The Morgan fingerprint density at radius 3 is 2.71 bits per heavy atom. The van der Waals surface area contributed by atoms with Crippen molar-refractivity contribution in [1.82, 2.24) is 5.32 Å². The second-order valence-corrected chi connectivity index (χ2v) is 14.2. The van der Waals surface area contributed by atoms with Gasteiger partial charge < -0.3 is 15.2 Å². The van der Waals surface area contributed by atoms with Gasteiger partial charge in [-0.05, 0) is 118 Å². The van der Waals surface area contributed by atoms with E-state index in [9.17, 15) is 9.90 Å². The summed E-state index contributed by atoms with van der Waals surface area (Å²) in [6.45, 7) is 5.48. The fraction of sp³-hybridized carbons (Fsp3) is 0.794. The molecule has 0 aromatic heterocycles. The van der Waals surface area contributed by atoms with Crippen LogP contribution in [0.5, 0.6) is 5.75 Å². The molecule has 1 aromatic carbocycles. The van der Waals surface area contributed by atoms with E-state index in [1.54, 1.807) is 0 Å². The van der Waals surface area contributed by atoms with E-state index in [0.717, 1.165) is 50.2 Å². The monoisotopic (exact) mass is 521 g/mol. The average molecular weight is 522 g/mol. The minimum Gasteiger partial charge on any atom is -0.494 e. The lowest BCUT2D eigenvalue weighted by Crippen LogP contribution is -2.55. The van der Waals surface area contributed by atoms with E-state index in [1.165, 1.54) is 63.4 Å². The molecule has 210 valence electrons. The van der Waals surface area contributed by atoms with Gasteiger partial charge in [-0.15, -0.1) is 0 Å². The van der Waals surface area contributed by atoms with Crippen molar-refractivity contribution >= 4 is 5.78 Å². The van der Waals surface area contributed by atoms with Crippen molar-refractivity contribution in [2.24, 2.45) is 34.5 Å². The fourth-order valence-corrected chi connectivity index (χ4v) is 10.3. The highest BCUT2D eigenvalue weighted by Crippen LogP contribution is 2.66. The molecule has 5 fully saturated rings. The van der Waals surface area contributed by atoms with Gasteiger partial charge in [0, 0.05) is 30.3 Å². The van der Waals surface area contributed by atoms with Crippen LogP contribution in [-0.2, 0) is 4.79 Å². The highest BCUT2D eigenvalue weighted by atomic mass is 16.5. The number of ketones is 1. The first-order valence-corrected chi connectivity index (χ1v) is 16.1. The highest BCUT2D eigenvalue weighted by molar-refractivity contribution is 5.79. The lowest BCUT2D eigenvalue weighted by atomic mass is 9.44. The number of Topliss-reactive ketones (excluding diaryl/α,β-unsaturated/α-hetero) is 1. The van der Waals surface area contributed by atoms with Gasteiger partial charge in [-0.3, -0.25) is 4.79 Å². The van der Waals surface area contributed by atoms with Crippen LogP contribution in [0, 0.1) is 34.5 Å². The van der Waals surface area contributed by atoms with Crippen molar-refractivity contribution in [3.8, 4) is 5.75 Å². The topological polar surface area (TPSA) is 58.6 Å². The summed E-state index contributed by atoms with van der Waals surface area (Å²) in [5.41, 5.74) is 1.65. The summed E-state index contributed by atoms with van der Waals surface area (Å²) in [4.78, 5) is 12.2. The van der Waals surface area contributed by atoms with Crippen LogP contribution in [0.2, 0.25) is 0 Å². The molecule has 0 amide bonds. The molecule has 8 atom stereocenters. The molecular weight excluding hydrogens is 470 g/mol. The molecule has 5 saturated carbocycles. The number of rotatable bonds is 7. The van der Waals surface area contributed by atoms with E-state index >= 15 is 0 Å². The number of ether oxygens (including phenoxy) is 1. The van der Waals surface area contributed by atoms with Gasteiger partial charge in [0.15, 0.2) is 0 Å². The molecule has 2 N–H and O–H groups in total. The molecule has 4 nitrogen and oxygen atoms in total. The van der Waals surface area contributed by atoms with Gasteiger partial charge in [-0.1, -0.05) is 38.3 Å². The number of carbonyl (C=O) groups is 1. The third kappa shape index (κ3) is 4.87. The van der Waals surface area contributed by atoms with Crippen molar-refractivity contribution in [2.75, 3.05) is 6.61 Å². The first-order chi connectivity index (χ1) is 18.4. The molecule has 0 bridgehead atoms. The molecule has 0 aliphatic heterocycles. The van der Waals surface area contributed by atoms with Crippen LogP contribution < -0.4 is 10.1 Å². The fourth-order valence-electron chi connectivity index (χ4n) is 10.3. The highest BCUT2D eigenvalue weighted by Gasteiger charge is 2.61. The van der Waals surface area contributed by atoms with Crippen molar-refractivity contribution in [3.63, 3.8) is 0 Å². The zero-order valence-corrected chi connectivity index (χ0v) is 23.9. The Morgan fingerprint density at radius 2 is 1.87 bits per heavy atom.